The summed E-state index contributed by atoms with van der Waals surface area (Å²) in [5.41, 5.74) is 2.33. The number of pyridine rings is 1. The van der Waals surface area contributed by atoms with E-state index in [9.17, 15) is 4.79 Å². The first kappa shape index (κ1) is 18.6. The molecule has 1 atom stereocenters. The van der Waals surface area contributed by atoms with E-state index in [0.717, 1.165) is 17.7 Å². The zero-order valence-electron chi connectivity index (χ0n) is 13.8. The number of hydrogen-bond donors (Lipinski definition) is 2. The van der Waals surface area contributed by atoms with E-state index in [1.807, 2.05) is 12.1 Å². The summed E-state index contributed by atoms with van der Waals surface area (Å²) in [6, 6.07) is 7.50. The van der Waals surface area contributed by atoms with Gasteiger partial charge < -0.3 is 10.6 Å². The molecule has 0 spiro atoms. The molecule has 4 nitrogen and oxygen atoms in total. The average molecular weight is 366 g/mol. The molecular weight excluding hydrogens is 345 g/mol. The van der Waals surface area contributed by atoms with Crippen LogP contribution in [0.5, 0.6) is 0 Å². The first-order valence-electron chi connectivity index (χ1n) is 7.93. The molecule has 2 N–H and O–H groups in total. The minimum atomic E-state index is -0.152. The van der Waals surface area contributed by atoms with E-state index in [0.29, 0.717) is 34.6 Å². The van der Waals surface area contributed by atoms with Gasteiger partial charge in [0.25, 0.3) is 5.91 Å². The summed E-state index contributed by atoms with van der Waals surface area (Å²) in [4.78, 5) is 16.4. The Hall–Kier alpha value is -1.78. The predicted octanol–water partition coefficient (Wildman–Crippen LogP) is 4.57. The van der Waals surface area contributed by atoms with Crippen molar-refractivity contribution in [2.45, 2.75) is 32.7 Å². The van der Waals surface area contributed by atoms with Crippen LogP contribution in [0, 0.1) is 0 Å². The molecule has 0 aliphatic heterocycles. The Bertz CT molecular complexity index is 706. The first-order valence-corrected chi connectivity index (χ1v) is 8.69. The molecule has 6 heteroatoms. The van der Waals surface area contributed by atoms with Crippen LogP contribution >= 0.6 is 23.2 Å². The molecule has 0 saturated heterocycles. The van der Waals surface area contributed by atoms with E-state index in [1.165, 1.54) is 0 Å². The summed E-state index contributed by atoms with van der Waals surface area (Å²) in [7, 11) is 0. The largest absolute Gasteiger partial charge is 0.381 e. The molecule has 0 fully saturated rings. The fraction of sp³-hybridized carbons (Fsp3) is 0.333. The van der Waals surface area contributed by atoms with Gasteiger partial charge in [0, 0.05) is 35.0 Å². The van der Waals surface area contributed by atoms with Gasteiger partial charge in [0.15, 0.2) is 0 Å². The number of carbonyl (C=O) groups is 1. The summed E-state index contributed by atoms with van der Waals surface area (Å²) >= 11 is 12.0. The van der Waals surface area contributed by atoms with Crippen LogP contribution in [0.1, 0.15) is 36.2 Å². The second-order valence-electron chi connectivity index (χ2n) is 5.66. The lowest BCUT2D eigenvalue weighted by atomic mass is 10.1. The molecule has 1 aromatic heterocycles. The number of nitrogens with one attached hydrogen (secondary N) is 2. The Morgan fingerprint density at radius 2 is 2.04 bits per heavy atom. The standard InChI is InChI=1S/C18H21Cl2N3O/c1-3-12(2)23-16-8-14(10-21-11-16)18(24)22-7-6-13-4-5-15(19)9-17(13)20/h4-5,8-12,23H,3,6-7H2,1-2H3,(H,22,24). The lowest BCUT2D eigenvalue weighted by Gasteiger charge is -2.13. The number of anilines is 1. The molecule has 1 unspecified atom stereocenters. The Morgan fingerprint density at radius 1 is 1.25 bits per heavy atom. The normalized spacial score (nSPS) is 11.8. The third-order valence-corrected chi connectivity index (χ3v) is 4.31. The van der Waals surface area contributed by atoms with Gasteiger partial charge in [-0.1, -0.05) is 36.2 Å². The van der Waals surface area contributed by atoms with Gasteiger partial charge in [-0.15, -0.1) is 0 Å². The van der Waals surface area contributed by atoms with Gasteiger partial charge >= 0.3 is 0 Å². The summed E-state index contributed by atoms with van der Waals surface area (Å²) < 4.78 is 0. The van der Waals surface area contributed by atoms with Crippen molar-refractivity contribution in [1.29, 1.82) is 0 Å². The highest BCUT2D eigenvalue weighted by atomic mass is 35.5. The molecule has 2 aromatic rings. The number of rotatable bonds is 7. The zero-order valence-corrected chi connectivity index (χ0v) is 15.3. The lowest BCUT2D eigenvalue weighted by molar-refractivity contribution is 0.0954. The van der Waals surface area contributed by atoms with E-state index >= 15 is 0 Å². The second-order valence-corrected chi connectivity index (χ2v) is 6.50. The molecule has 1 amide bonds. The molecule has 0 radical (unpaired) electrons. The van der Waals surface area contributed by atoms with Crippen LogP contribution in [0.4, 0.5) is 5.69 Å². The number of carbonyl (C=O) groups excluding carboxylic acids is 1. The van der Waals surface area contributed by atoms with Crippen molar-refractivity contribution in [3.8, 4) is 0 Å². The Balaban J connectivity index is 1.91. The van der Waals surface area contributed by atoms with E-state index in [2.05, 4.69) is 29.5 Å². The first-order chi connectivity index (χ1) is 11.5. The molecule has 1 heterocycles. The van der Waals surface area contributed by atoms with Crippen molar-refractivity contribution >= 4 is 34.8 Å². The molecule has 1 aromatic carbocycles. The van der Waals surface area contributed by atoms with Crippen LogP contribution < -0.4 is 10.6 Å². The highest BCUT2D eigenvalue weighted by Crippen LogP contribution is 2.21. The highest BCUT2D eigenvalue weighted by Gasteiger charge is 2.08. The Labute approximate surface area is 152 Å². The van der Waals surface area contributed by atoms with Crippen LogP contribution in [0.15, 0.2) is 36.7 Å². The third-order valence-electron chi connectivity index (χ3n) is 3.72. The monoisotopic (exact) mass is 365 g/mol. The molecular formula is C18H21Cl2N3O. The van der Waals surface area contributed by atoms with Crippen molar-refractivity contribution in [1.82, 2.24) is 10.3 Å². The Morgan fingerprint density at radius 3 is 2.75 bits per heavy atom. The predicted molar refractivity (Wildman–Crippen MR) is 100 cm³/mol. The smallest absolute Gasteiger partial charge is 0.252 e. The summed E-state index contributed by atoms with van der Waals surface area (Å²) in [5, 5.41) is 7.41. The van der Waals surface area contributed by atoms with Gasteiger partial charge in [0.05, 0.1) is 11.3 Å². The Kier molecular flexibility index (Phi) is 6.88. The van der Waals surface area contributed by atoms with Gasteiger partial charge in [0.1, 0.15) is 0 Å². The maximum Gasteiger partial charge on any atom is 0.252 e. The van der Waals surface area contributed by atoms with Crippen molar-refractivity contribution in [3.63, 3.8) is 0 Å². The molecule has 0 aliphatic rings. The third kappa shape index (κ3) is 5.39. The fourth-order valence-electron chi connectivity index (χ4n) is 2.17. The van der Waals surface area contributed by atoms with E-state index < -0.39 is 0 Å². The average Bonchev–Trinajstić information content (AvgIpc) is 2.56. The minimum absolute atomic E-state index is 0.152. The van der Waals surface area contributed by atoms with E-state index in [4.69, 9.17) is 23.2 Å². The van der Waals surface area contributed by atoms with Crippen LogP contribution in [-0.4, -0.2) is 23.5 Å². The molecule has 128 valence electrons. The van der Waals surface area contributed by atoms with E-state index in [-0.39, 0.29) is 5.91 Å². The zero-order chi connectivity index (χ0) is 17.5. The number of hydrogen-bond acceptors (Lipinski definition) is 3. The molecule has 0 bridgehead atoms. The summed E-state index contributed by atoms with van der Waals surface area (Å²) in [6.45, 7) is 4.68. The van der Waals surface area contributed by atoms with Crippen molar-refractivity contribution in [2.24, 2.45) is 0 Å². The number of benzene rings is 1. The quantitative estimate of drug-likeness (QED) is 0.755. The van der Waals surface area contributed by atoms with Gasteiger partial charge in [0.2, 0.25) is 0 Å². The van der Waals surface area contributed by atoms with Crippen LogP contribution in [0.2, 0.25) is 10.0 Å². The maximum absolute atomic E-state index is 12.2. The van der Waals surface area contributed by atoms with Gasteiger partial charge in [-0.3, -0.25) is 9.78 Å². The van der Waals surface area contributed by atoms with Gasteiger partial charge in [-0.25, -0.2) is 0 Å². The SMILES string of the molecule is CCC(C)Nc1cncc(C(=O)NCCc2ccc(Cl)cc2Cl)c1. The van der Waals surface area contributed by atoms with Crippen molar-refractivity contribution < 1.29 is 4.79 Å². The number of nitrogens with zero attached hydrogens (tertiary/aromatic N) is 1. The summed E-state index contributed by atoms with van der Waals surface area (Å²) in [5.74, 6) is -0.152. The van der Waals surface area contributed by atoms with Gasteiger partial charge in [-0.2, -0.15) is 0 Å². The maximum atomic E-state index is 12.2. The molecule has 0 aliphatic carbocycles. The molecule has 2 rings (SSSR count). The van der Waals surface area contributed by atoms with Crippen molar-refractivity contribution in [2.75, 3.05) is 11.9 Å². The minimum Gasteiger partial charge on any atom is -0.381 e. The molecule has 24 heavy (non-hydrogen) atoms. The van der Waals surface area contributed by atoms with E-state index in [1.54, 1.807) is 24.5 Å². The van der Waals surface area contributed by atoms with Crippen LogP contribution in [-0.2, 0) is 6.42 Å². The highest BCUT2D eigenvalue weighted by molar-refractivity contribution is 6.35. The number of halogens is 2. The lowest BCUT2D eigenvalue weighted by Crippen LogP contribution is -2.26. The summed E-state index contributed by atoms with van der Waals surface area (Å²) in [6.07, 6.45) is 4.92. The number of aromatic nitrogens is 1. The molecule has 0 saturated carbocycles. The second kappa shape index (κ2) is 8.90. The fourth-order valence-corrected chi connectivity index (χ4v) is 2.67. The topological polar surface area (TPSA) is 54.0 Å². The van der Waals surface area contributed by atoms with Crippen LogP contribution in [0.3, 0.4) is 0 Å². The number of amides is 1. The van der Waals surface area contributed by atoms with Crippen molar-refractivity contribution in [3.05, 3.63) is 57.8 Å². The van der Waals surface area contributed by atoms with Crippen LogP contribution in [0.25, 0.3) is 0 Å². The van der Waals surface area contributed by atoms with Gasteiger partial charge in [-0.05, 0) is 43.5 Å².